The Kier molecular flexibility index (Phi) is 5.81. The lowest BCUT2D eigenvalue weighted by Crippen LogP contribution is -2.48. The van der Waals surface area contributed by atoms with E-state index in [1.165, 1.54) is 17.2 Å². The van der Waals surface area contributed by atoms with Crippen LogP contribution in [0.25, 0.3) is 0 Å². The molecule has 2 amide bonds. The Bertz CT molecular complexity index is 818. The van der Waals surface area contributed by atoms with Crippen molar-refractivity contribution in [1.29, 1.82) is 0 Å². The molecule has 3 heterocycles. The molecule has 1 aromatic heterocycles. The van der Waals surface area contributed by atoms with E-state index >= 15 is 0 Å². The van der Waals surface area contributed by atoms with Gasteiger partial charge in [0.05, 0.1) is 11.5 Å². The number of rotatable bonds is 4. The number of sulfone groups is 1. The van der Waals surface area contributed by atoms with E-state index in [9.17, 15) is 18.0 Å². The number of carbonyl (C=O) groups excluding carboxylic acids is 2. The number of hydrogen-bond donors (Lipinski definition) is 0. The highest BCUT2D eigenvalue weighted by Crippen LogP contribution is 2.19. The van der Waals surface area contributed by atoms with E-state index in [-0.39, 0.29) is 35.1 Å². The van der Waals surface area contributed by atoms with Crippen molar-refractivity contribution in [2.75, 3.05) is 51.3 Å². The maximum absolute atomic E-state index is 12.7. The zero-order valence-corrected chi connectivity index (χ0v) is 16.6. The fraction of sp³-hybridized carbons (Fsp3) is 0.611. The number of likely N-dealkylation sites (N-methyl/N-ethyl adjacent to an activating group) is 1. The van der Waals surface area contributed by atoms with Crippen molar-refractivity contribution in [1.82, 2.24) is 19.7 Å². The third-order valence-electron chi connectivity index (χ3n) is 5.41. The molecule has 0 radical (unpaired) electrons. The van der Waals surface area contributed by atoms with Crippen LogP contribution >= 0.6 is 0 Å². The molecule has 1 atom stereocenters. The van der Waals surface area contributed by atoms with Crippen LogP contribution in [0.4, 0.5) is 0 Å². The Balaban J connectivity index is 1.69. The molecule has 0 spiro atoms. The highest BCUT2D eigenvalue weighted by Gasteiger charge is 2.33. The van der Waals surface area contributed by atoms with Crippen LogP contribution in [0.15, 0.2) is 18.3 Å². The van der Waals surface area contributed by atoms with Gasteiger partial charge in [0, 0.05) is 51.0 Å². The molecule has 0 aromatic carbocycles. The summed E-state index contributed by atoms with van der Waals surface area (Å²) in [5, 5.41) is 0. The van der Waals surface area contributed by atoms with Gasteiger partial charge in [0.1, 0.15) is 5.69 Å². The van der Waals surface area contributed by atoms with Gasteiger partial charge in [0.15, 0.2) is 9.84 Å². The van der Waals surface area contributed by atoms with Gasteiger partial charge in [-0.1, -0.05) is 6.92 Å². The predicted molar refractivity (Wildman–Crippen MR) is 101 cm³/mol. The quantitative estimate of drug-likeness (QED) is 0.720. The summed E-state index contributed by atoms with van der Waals surface area (Å²) in [6.07, 6.45) is 1.91. The molecule has 2 saturated heterocycles. The molecule has 1 aromatic rings. The topological polar surface area (TPSA) is 90.9 Å². The van der Waals surface area contributed by atoms with Gasteiger partial charge in [0.2, 0.25) is 0 Å². The van der Waals surface area contributed by atoms with Crippen molar-refractivity contribution in [3.63, 3.8) is 0 Å². The molecule has 148 valence electrons. The SMILES string of the molecule is CCN1CCN(C(=O)c2cc(C(=O)N(C)C3CCS(=O)(=O)C3)ccn2)CC1. The van der Waals surface area contributed by atoms with Crippen molar-refractivity contribution in [2.45, 2.75) is 19.4 Å². The first-order valence-corrected chi connectivity index (χ1v) is 11.1. The first-order valence-electron chi connectivity index (χ1n) is 9.26. The first kappa shape index (κ1) is 19.8. The lowest BCUT2D eigenvalue weighted by Gasteiger charge is -2.33. The summed E-state index contributed by atoms with van der Waals surface area (Å²) in [5.74, 6) is -0.358. The fourth-order valence-corrected chi connectivity index (χ4v) is 5.33. The normalized spacial score (nSPS) is 22.6. The van der Waals surface area contributed by atoms with Gasteiger partial charge >= 0.3 is 0 Å². The minimum atomic E-state index is -3.07. The molecule has 8 nitrogen and oxygen atoms in total. The van der Waals surface area contributed by atoms with Crippen LogP contribution < -0.4 is 0 Å². The summed E-state index contributed by atoms with van der Waals surface area (Å²) >= 11 is 0. The van der Waals surface area contributed by atoms with Crippen molar-refractivity contribution in [3.05, 3.63) is 29.6 Å². The Morgan fingerprint density at radius 2 is 1.96 bits per heavy atom. The van der Waals surface area contributed by atoms with Crippen molar-refractivity contribution >= 4 is 21.7 Å². The monoisotopic (exact) mass is 394 g/mol. The van der Waals surface area contributed by atoms with Gasteiger partial charge in [-0.2, -0.15) is 0 Å². The van der Waals surface area contributed by atoms with Gasteiger partial charge in [-0.25, -0.2) is 8.42 Å². The summed E-state index contributed by atoms with van der Waals surface area (Å²) in [4.78, 5) is 35.1. The molecule has 2 aliphatic heterocycles. The predicted octanol–water partition coefficient (Wildman–Crippen LogP) is 0.118. The van der Waals surface area contributed by atoms with E-state index in [0.717, 1.165) is 19.6 Å². The van der Waals surface area contributed by atoms with Crippen LogP contribution in [0.1, 0.15) is 34.2 Å². The lowest BCUT2D eigenvalue weighted by atomic mass is 10.1. The van der Waals surface area contributed by atoms with Gasteiger partial charge in [0.25, 0.3) is 11.8 Å². The number of carbonyl (C=O) groups is 2. The second kappa shape index (κ2) is 7.93. The van der Waals surface area contributed by atoms with E-state index in [0.29, 0.717) is 25.1 Å². The highest BCUT2D eigenvalue weighted by atomic mass is 32.2. The minimum absolute atomic E-state index is 0.00613. The van der Waals surface area contributed by atoms with Crippen molar-refractivity contribution in [3.8, 4) is 0 Å². The number of amides is 2. The molecule has 0 aliphatic carbocycles. The molecule has 0 bridgehead atoms. The van der Waals surface area contributed by atoms with Gasteiger partial charge in [-0.15, -0.1) is 0 Å². The zero-order chi connectivity index (χ0) is 19.6. The minimum Gasteiger partial charge on any atom is -0.338 e. The average Bonchev–Trinajstić information content (AvgIpc) is 3.06. The molecule has 3 rings (SSSR count). The van der Waals surface area contributed by atoms with Gasteiger partial charge in [-0.3, -0.25) is 14.6 Å². The Labute approximate surface area is 160 Å². The molecule has 27 heavy (non-hydrogen) atoms. The summed E-state index contributed by atoms with van der Waals surface area (Å²) in [7, 11) is -1.46. The van der Waals surface area contributed by atoms with E-state index in [2.05, 4.69) is 16.8 Å². The number of nitrogens with zero attached hydrogens (tertiary/aromatic N) is 4. The smallest absolute Gasteiger partial charge is 0.272 e. The fourth-order valence-electron chi connectivity index (χ4n) is 3.56. The molecular weight excluding hydrogens is 368 g/mol. The summed E-state index contributed by atoms with van der Waals surface area (Å²) < 4.78 is 23.3. The van der Waals surface area contributed by atoms with Crippen LogP contribution in [0.3, 0.4) is 0 Å². The molecule has 9 heteroatoms. The largest absolute Gasteiger partial charge is 0.338 e. The number of aromatic nitrogens is 1. The molecule has 0 N–H and O–H groups in total. The zero-order valence-electron chi connectivity index (χ0n) is 15.8. The van der Waals surface area contributed by atoms with Crippen LogP contribution in [0.5, 0.6) is 0 Å². The maximum atomic E-state index is 12.7. The lowest BCUT2D eigenvalue weighted by molar-refractivity contribution is 0.0637. The third-order valence-corrected chi connectivity index (χ3v) is 7.16. The first-order chi connectivity index (χ1) is 12.8. The maximum Gasteiger partial charge on any atom is 0.272 e. The molecular formula is C18H26N4O4S. The molecule has 0 saturated carbocycles. The standard InChI is InChI=1S/C18H26N4O4S/c1-3-21-7-9-22(10-8-21)18(24)16-12-14(4-6-19-16)17(23)20(2)15-5-11-27(25,26)13-15/h4,6,12,15H,3,5,7-11,13H2,1-2H3. The second-order valence-corrected chi connectivity index (χ2v) is 9.36. The average molecular weight is 394 g/mol. The summed E-state index contributed by atoms with van der Waals surface area (Å²) in [5.41, 5.74) is 0.602. The van der Waals surface area contributed by atoms with Crippen molar-refractivity contribution in [2.24, 2.45) is 0 Å². The summed E-state index contributed by atoms with van der Waals surface area (Å²) in [6.45, 7) is 6.02. The van der Waals surface area contributed by atoms with Gasteiger partial charge in [-0.05, 0) is 25.1 Å². The van der Waals surface area contributed by atoms with E-state index in [1.807, 2.05) is 0 Å². The van der Waals surface area contributed by atoms with Crippen LogP contribution in [-0.2, 0) is 9.84 Å². The highest BCUT2D eigenvalue weighted by molar-refractivity contribution is 7.91. The number of pyridine rings is 1. The summed E-state index contributed by atoms with van der Waals surface area (Å²) in [6, 6.07) is 2.75. The Morgan fingerprint density at radius 3 is 2.56 bits per heavy atom. The van der Waals surface area contributed by atoms with E-state index in [4.69, 9.17) is 0 Å². The number of hydrogen-bond acceptors (Lipinski definition) is 6. The van der Waals surface area contributed by atoms with Crippen molar-refractivity contribution < 1.29 is 18.0 Å². The Morgan fingerprint density at radius 1 is 1.26 bits per heavy atom. The molecule has 2 aliphatic rings. The van der Waals surface area contributed by atoms with Crippen LogP contribution in [0.2, 0.25) is 0 Å². The van der Waals surface area contributed by atoms with Crippen LogP contribution in [-0.4, -0.2) is 97.2 Å². The number of piperazine rings is 1. The molecule has 1 unspecified atom stereocenters. The Hall–Kier alpha value is -2.00. The van der Waals surface area contributed by atoms with E-state index < -0.39 is 9.84 Å². The third kappa shape index (κ3) is 4.47. The molecule has 2 fully saturated rings. The second-order valence-electron chi connectivity index (χ2n) is 7.13. The van der Waals surface area contributed by atoms with Gasteiger partial charge < -0.3 is 14.7 Å². The van der Waals surface area contributed by atoms with Crippen LogP contribution in [0, 0.1) is 0 Å². The van der Waals surface area contributed by atoms with E-state index in [1.54, 1.807) is 18.0 Å².